The molecule has 0 fully saturated rings. The van der Waals surface area contributed by atoms with Gasteiger partial charge in [-0.05, 0) is 11.1 Å². The topological polar surface area (TPSA) is 38.7 Å². The Morgan fingerprint density at radius 1 is 0.404 bits per heavy atom. The second-order valence-corrected chi connectivity index (χ2v) is 16.3. The van der Waals surface area contributed by atoms with Crippen LogP contribution in [0.15, 0.2) is 164 Å². The fraction of sp³-hybridized carbons (Fsp3) is 0.0625. The fourth-order valence-corrected chi connectivity index (χ4v) is 10.5. The number of hydrogen-bond donors (Lipinski definition) is 0. The zero-order chi connectivity index (χ0) is 34.8. The molecule has 0 atom stereocenters. The molecular formula is C48H33N3Se. The van der Waals surface area contributed by atoms with Gasteiger partial charge in [0.05, 0.1) is 0 Å². The van der Waals surface area contributed by atoms with Gasteiger partial charge in [0.25, 0.3) is 0 Å². The molecular weight excluding hydrogens is 698 g/mol. The summed E-state index contributed by atoms with van der Waals surface area (Å²) in [5.74, 6) is 2.02. The molecule has 4 heteroatoms. The van der Waals surface area contributed by atoms with Crippen LogP contribution in [0.2, 0.25) is 0 Å². The first-order chi connectivity index (χ1) is 25.5. The summed E-state index contributed by atoms with van der Waals surface area (Å²) in [5, 5.41) is 2.66. The Hall–Kier alpha value is -5.93. The molecule has 0 radical (unpaired) electrons. The van der Waals surface area contributed by atoms with Crippen LogP contribution in [-0.4, -0.2) is 29.5 Å². The number of nitrogens with zero attached hydrogens (tertiary/aromatic N) is 3. The molecule has 0 amide bonds. The SMILES string of the molecule is CC1(C)c2ccccc2-c2cccc(-c3cccc(-c4nc(-c5ccccc5)nc(-c5ccc6c(c5)[se]c5cccc(-c7ccccc7)c56)n4)c3)c21. The van der Waals surface area contributed by atoms with Crippen molar-refractivity contribution in [1.29, 1.82) is 0 Å². The third-order valence-electron chi connectivity index (χ3n) is 10.5. The molecule has 52 heavy (non-hydrogen) atoms. The maximum atomic E-state index is 5.19. The minimum absolute atomic E-state index is 0.115. The summed E-state index contributed by atoms with van der Waals surface area (Å²) in [6.45, 7) is 4.68. The molecule has 9 aromatic rings. The average Bonchev–Trinajstić information content (AvgIpc) is 3.70. The molecule has 7 aromatic carbocycles. The van der Waals surface area contributed by atoms with E-state index in [0.29, 0.717) is 17.5 Å². The van der Waals surface area contributed by atoms with Gasteiger partial charge in [0.2, 0.25) is 0 Å². The maximum absolute atomic E-state index is 5.19. The van der Waals surface area contributed by atoms with Gasteiger partial charge in [0.1, 0.15) is 0 Å². The van der Waals surface area contributed by atoms with Gasteiger partial charge in [-0.25, -0.2) is 0 Å². The van der Waals surface area contributed by atoms with E-state index < -0.39 is 0 Å². The van der Waals surface area contributed by atoms with E-state index in [2.05, 4.69) is 159 Å². The van der Waals surface area contributed by atoms with Crippen LogP contribution in [0.1, 0.15) is 25.0 Å². The average molecular weight is 731 g/mol. The van der Waals surface area contributed by atoms with Crippen molar-refractivity contribution in [1.82, 2.24) is 15.0 Å². The van der Waals surface area contributed by atoms with Gasteiger partial charge in [-0.1, -0.05) is 44.2 Å². The monoisotopic (exact) mass is 731 g/mol. The van der Waals surface area contributed by atoms with Crippen molar-refractivity contribution in [3.05, 3.63) is 175 Å². The molecule has 0 aliphatic heterocycles. The first-order valence-electron chi connectivity index (χ1n) is 17.7. The second-order valence-electron chi connectivity index (χ2n) is 14.0. The molecule has 3 nitrogen and oxygen atoms in total. The summed E-state index contributed by atoms with van der Waals surface area (Å²) in [6.07, 6.45) is 0. The standard InChI is InChI=1S/C48H33N3Se/c1-48(2)40-24-10-9-20-37(40)38-23-12-22-36(44(38)48)32-18-11-19-33(28-32)46-49-45(31-16-7-4-8-17-31)50-47(51-46)34-26-27-39-42(29-34)52-41-25-13-21-35(43(39)41)30-14-5-3-6-15-30/h3-29H,1-2H3. The van der Waals surface area contributed by atoms with Crippen LogP contribution in [0.5, 0.6) is 0 Å². The molecule has 1 aliphatic carbocycles. The van der Waals surface area contributed by atoms with Crippen LogP contribution >= 0.6 is 0 Å². The second kappa shape index (κ2) is 12.1. The molecule has 0 saturated heterocycles. The van der Waals surface area contributed by atoms with Crippen molar-refractivity contribution in [2.24, 2.45) is 0 Å². The van der Waals surface area contributed by atoms with Crippen LogP contribution in [0.4, 0.5) is 0 Å². The number of aromatic nitrogens is 3. The van der Waals surface area contributed by atoms with Crippen molar-refractivity contribution >= 4 is 33.8 Å². The summed E-state index contributed by atoms with van der Waals surface area (Å²) >= 11 is 0.182. The Morgan fingerprint density at radius 3 is 1.75 bits per heavy atom. The van der Waals surface area contributed by atoms with E-state index in [1.807, 2.05) is 18.2 Å². The summed E-state index contributed by atoms with van der Waals surface area (Å²) in [4.78, 5) is 15.4. The molecule has 2 aromatic heterocycles. The molecule has 246 valence electrons. The first kappa shape index (κ1) is 30.9. The van der Waals surface area contributed by atoms with E-state index in [1.165, 1.54) is 58.2 Å². The van der Waals surface area contributed by atoms with Crippen LogP contribution in [0.25, 0.3) is 86.8 Å². The number of benzene rings is 7. The molecule has 1 aliphatic rings. The van der Waals surface area contributed by atoms with E-state index >= 15 is 0 Å². The Morgan fingerprint density at radius 2 is 0.962 bits per heavy atom. The van der Waals surface area contributed by atoms with Gasteiger partial charge >= 0.3 is 255 Å². The molecule has 0 spiro atoms. The third-order valence-corrected chi connectivity index (χ3v) is 12.9. The molecule has 0 bridgehead atoms. The zero-order valence-electron chi connectivity index (χ0n) is 28.8. The first-order valence-corrected chi connectivity index (χ1v) is 19.4. The zero-order valence-corrected chi connectivity index (χ0v) is 30.6. The third kappa shape index (κ3) is 4.98. The van der Waals surface area contributed by atoms with Crippen molar-refractivity contribution in [3.63, 3.8) is 0 Å². The Labute approximate surface area is 309 Å². The molecule has 10 rings (SSSR count). The predicted molar refractivity (Wildman–Crippen MR) is 217 cm³/mol. The van der Waals surface area contributed by atoms with Crippen molar-refractivity contribution in [2.45, 2.75) is 19.3 Å². The van der Waals surface area contributed by atoms with E-state index in [-0.39, 0.29) is 19.9 Å². The normalized spacial score (nSPS) is 13.0. The quantitative estimate of drug-likeness (QED) is 0.166. The van der Waals surface area contributed by atoms with Gasteiger partial charge in [0.15, 0.2) is 0 Å². The Bertz CT molecular complexity index is 2820. The predicted octanol–water partition coefficient (Wildman–Crippen LogP) is 11.9. The van der Waals surface area contributed by atoms with E-state index in [9.17, 15) is 0 Å². The summed E-state index contributed by atoms with van der Waals surface area (Å²) < 4.78 is 2.77. The van der Waals surface area contributed by atoms with Gasteiger partial charge in [-0.3, -0.25) is 0 Å². The summed E-state index contributed by atoms with van der Waals surface area (Å²) in [5.41, 5.74) is 13.1. The van der Waals surface area contributed by atoms with Crippen molar-refractivity contribution in [2.75, 3.05) is 0 Å². The van der Waals surface area contributed by atoms with Gasteiger partial charge in [-0.2, -0.15) is 0 Å². The number of fused-ring (bicyclic) bond motifs is 6. The number of hydrogen-bond acceptors (Lipinski definition) is 3. The molecule has 0 N–H and O–H groups in total. The Kier molecular flexibility index (Phi) is 7.18. The van der Waals surface area contributed by atoms with E-state index in [0.717, 1.165) is 22.3 Å². The number of rotatable bonds is 5. The molecule has 0 saturated carbocycles. The van der Waals surface area contributed by atoms with Crippen LogP contribution in [0.3, 0.4) is 0 Å². The van der Waals surface area contributed by atoms with E-state index in [1.54, 1.807) is 0 Å². The van der Waals surface area contributed by atoms with Gasteiger partial charge < -0.3 is 0 Å². The Balaban J connectivity index is 1.11. The van der Waals surface area contributed by atoms with Crippen LogP contribution in [-0.2, 0) is 5.41 Å². The molecule has 0 unspecified atom stereocenters. The van der Waals surface area contributed by atoms with Crippen molar-refractivity contribution < 1.29 is 0 Å². The summed E-state index contributed by atoms with van der Waals surface area (Å²) in [7, 11) is 0. The van der Waals surface area contributed by atoms with Crippen LogP contribution < -0.4 is 0 Å². The summed E-state index contributed by atoms with van der Waals surface area (Å²) in [6, 6.07) is 58.7. The van der Waals surface area contributed by atoms with E-state index in [4.69, 9.17) is 15.0 Å². The minimum atomic E-state index is -0.115. The van der Waals surface area contributed by atoms with Crippen molar-refractivity contribution in [3.8, 4) is 67.5 Å². The van der Waals surface area contributed by atoms with Gasteiger partial charge in [0, 0.05) is 0 Å². The molecule has 2 heterocycles. The fourth-order valence-electron chi connectivity index (χ4n) is 8.09. The van der Waals surface area contributed by atoms with Crippen LogP contribution in [0, 0.1) is 0 Å². The van der Waals surface area contributed by atoms with Gasteiger partial charge in [-0.15, -0.1) is 0 Å².